The molecular weight excluding hydrogens is 362 g/mol. The lowest BCUT2D eigenvalue weighted by Gasteiger charge is -2.17. The fourth-order valence-corrected chi connectivity index (χ4v) is 3.26. The molecule has 0 saturated heterocycles. The summed E-state index contributed by atoms with van der Waals surface area (Å²) in [5, 5.41) is 6.31. The highest BCUT2D eigenvalue weighted by Gasteiger charge is 2.23. The Morgan fingerprint density at radius 1 is 1.32 bits per heavy atom. The molecule has 0 bridgehead atoms. The van der Waals surface area contributed by atoms with E-state index in [0.717, 1.165) is 10.1 Å². The second-order valence-electron chi connectivity index (χ2n) is 5.27. The van der Waals surface area contributed by atoms with Gasteiger partial charge in [-0.15, -0.1) is 0 Å². The standard InChI is InChI=1S/C16H21N3O4S2/c1-4-22-14-8-7-12(10-15(14)25(20,21)19(2)3)18-16(24)17-11-13-6-5-9-23-13/h5-10H,4,11H2,1-3H3,(H2,17,18,24). The molecule has 25 heavy (non-hydrogen) atoms. The van der Waals surface area contributed by atoms with Gasteiger partial charge in [-0.05, 0) is 49.5 Å². The second-order valence-corrected chi connectivity index (χ2v) is 7.80. The summed E-state index contributed by atoms with van der Waals surface area (Å²) in [6.07, 6.45) is 1.58. The summed E-state index contributed by atoms with van der Waals surface area (Å²) in [5.41, 5.74) is 0.542. The Hall–Kier alpha value is -2.10. The molecule has 0 spiro atoms. The summed E-state index contributed by atoms with van der Waals surface area (Å²) in [6.45, 7) is 2.59. The number of nitrogens with zero attached hydrogens (tertiary/aromatic N) is 1. The van der Waals surface area contributed by atoms with E-state index in [1.54, 1.807) is 31.4 Å². The summed E-state index contributed by atoms with van der Waals surface area (Å²) in [7, 11) is -0.700. The minimum Gasteiger partial charge on any atom is -0.492 e. The van der Waals surface area contributed by atoms with E-state index in [9.17, 15) is 8.42 Å². The van der Waals surface area contributed by atoms with Crippen molar-refractivity contribution in [3.05, 3.63) is 42.4 Å². The van der Waals surface area contributed by atoms with Crippen LogP contribution in [0.5, 0.6) is 5.75 Å². The van der Waals surface area contributed by atoms with Crippen molar-refractivity contribution in [2.75, 3.05) is 26.0 Å². The van der Waals surface area contributed by atoms with E-state index in [-0.39, 0.29) is 4.90 Å². The lowest BCUT2D eigenvalue weighted by atomic mass is 10.3. The molecule has 0 aliphatic heterocycles. The van der Waals surface area contributed by atoms with Crippen LogP contribution < -0.4 is 15.4 Å². The predicted molar refractivity (Wildman–Crippen MR) is 100 cm³/mol. The molecule has 0 saturated carbocycles. The van der Waals surface area contributed by atoms with Crippen molar-refractivity contribution in [2.24, 2.45) is 0 Å². The van der Waals surface area contributed by atoms with Gasteiger partial charge in [-0.1, -0.05) is 0 Å². The average Bonchev–Trinajstić information content (AvgIpc) is 3.08. The molecule has 2 aromatic rings. The monoisotopic (exact) mass is 383 g/mol. The van der Waals surface area contributed by atoms with Gasteiger partial charge < -0.3 is 19.8 Å². The summed E-state index contributed by atoms with van der Waals surface area (Å²) < 4.78 is 36.8. The van der Waals surface area contributed by atoms with Gasteiger partial charge in [0.05, 0.1) is 19.4 Å². The van der Waals surface area contributed by atoms with Crippen molar-refractivity contribution in [1.82, 2.24) is 9.62 Å². The van der Waals surface area contributed by atoms with Crippen LogP contribution in [-0.2, 0) is 16.6 Å². The first kappa shape index (κ1) is 19.2. The molecule has 1 heterocycles. The SMILES string of the molecule is CCOc1ccc(NC(=S)NCc2ccco2)cc1S(=O)(=O)N(C)C. The average molecular weight is 383 g/mol. The van der Waals surface area contributed by atoms with Crippen molar-refractivity contribution >= 4 is 33.0 Å². The fourth-order valence-electron chi connectivity index (χ4n) is 2.01. The molecule has 7 nitrogen and oxygen atoms in total. The van der Waals surface area contributed by atoms with Crippen molar-refractivity contribution in [1.29, 1.82) is 0 Å². The molecular formula is C16H21N3O4S2. The largest absolute Gasteiger partial charge is 0.492 e. The maximum atomic E-state index is 12.5. The number of hydrogen-bond donors (Lipinski definition) is 2. The zero-order chi connectivity index (χ0) is 18.4. The van der Waals surface area contributed by atoms with E-state index in [4.69, 9.17) is 21.4 Å². The number of anilines is 1. The van der Waals surface area contributed by atoms with E-state index in [2.05, 4.69) is 10.6 Å². The zero-order valence-corrected chi connectivity index (χ0v) is 15.9. The van der Waals surface area contributed by atoms with Crippen LogP contribution in [0.15, 0.2) is 45.9 Å². The third-order valence-corrected chi connectivity index (χ3v) is 5.35. The van der Waals surface area contributed by atoms with Gasteiger partial charge in [0.1, 0.15) is 16.4 Å². The molecule has 2 N–H and O–H groups in total. The molecule has 0 aliphatic carbocycles. The zero-order valence-electron chi connectivity index (χ0n) is 14.3. The number of sulfonamides is 1. The first-order chi connectivity index (χ1) is 11.8. The number of nitrogens with one attached hydrogen (secondary N) is 2. The Morgan fingerprint density at radius 3 is 2.68 bits per heavy atom. The third-order valence-electron chi connectivity index (χ3n) is 3.26. The van der Waals surface area contributed by atoms with E-state index >= 15 is 0 Å². The van der Waals surface area contributed by atoms with Crippen molar-refractivity contribution in [3.8, 4) is 5.75 Å². The van der Waals surface area contributed by atoms with Gasteiger partial charge in [-0.3, -0.25) is 0 Å². The molecule has 0 aliphatic rings. The van der Waals surface area contributed by atoms with E-state index in [1.165, 1.54) is 20.2 Å². The van der Waals surface area contributed by atoms with Gasteiger partial charge >= 0.3 is 0 Å². The summed E-state index contributed by atoms with van der Waals surface area (Å²) in [4.78, 5) is 0.0817. The van der Waals surface area contributed by atoms with Crippen molar-refractivity contribution in [2.45, 2.75) is 18.4 Å². The first-order valence-corrected chi connectivity index (χ1v) is 9.46. The molecule has 9 heteroatoms. The highest BCUT2D eigenvalue weighted by molar-refractivity contribution is 7.89. The highest BCUT2D eigenvalue weighted by atomic mass is 32.2. The van der Waals surface area contributed by atoms with Crippen LogP contribution in [0.3, 0.4) is 0 Å². The Balaban J connectivity index is 2.17. The summed E-state index contributed by atoms with van der Waals surface area (Å²) in [6, 6.07) is 8.44. The number of rotatable bonds is 7. The molecule has 0 unspecified atom stereocenters. The number of ether oxygens (including phenoxy) is 1. The first-order valence-electron chi connectivity index (χ1n) is 7.61. The molecule has 1 aromatic carbocycles. The summed E-state index contributed by atoms with van der Waals surface area (Å²) in [5.74, 6) is 1.04. The molecule has 0 radical (unpaired) electrons. The van der Waals surface area contributed by atoms with Crippen LogP contribution in [0.2, 0.25) is 0 Å². The van der Waals surface area contributed by atoms with Crippen LogP contribution in [0, 0.1) is 0 Å². The molecule has 136 valence electrons. The molecule has 0 atom stereocenters. The predicted octanol–water partition coefficient (Wildman–Crippen LogP) is 2.42. The Morgan fingerprint density at radius 2 is 2.08 bits per heavy atom. The number of hydrogen-bond acceptors (Lipinski definition) is 5. The van der Waals surface area contributed by atoms with Crippen LogP contribution >= 0.6 is 12.2 Å². The maximum absolute atomic E-state index is 12.5. The summed E-state index contributed by atoms with van der Waals surface area (Å²) >= 11 is 5.23. The Bertz CT molecular complexity index is 818. The second kappa shape index (κ2) is 8.32. The van der Waals surface area contributed by atoms with Crippen LogP contribution in [-0.4, -0.2) is 38.5 Å². The van der Waals surface area contributed by atoms with Crippen LogP contribution in [0.25, 0.3) is 0 Å². The van der Waals surface area contributed by atoms with E-state index < -0.39 is 10.0 Å². The Kier molecular flexibility index (Phi) is 6.40. The maximum Gasteiger partial charge on any atom is 0.246 e. The third kappa shape index (κ3) is 4.94. The lowest BCUT2D eigenvalue weighted by molar-refractivity contribution is 0.330. The van der Waals surface area contributed by atoms with Gasteiger partial charge in [0.15, 0.2) is 5.11 Å². The van der Waals surface area contributed by atoms with Crippen molar-refractivity contribution < 1.29 is 17.6 Å². The smallest absolute Gasteiger partial charge is 0.246 e. The Labute approximate surface area is 153 Å². The molecule has 0 fully saturated rings. The van der Waals surface area contributed by atoms with Gasteiger partial charge in [-0.2, -0.15) is 0 Å². The van der Waals surface area contributed by atoms with E-state index in [0.29, 0.717) is 29.7 Å². The quantitative estimate of drug-likeness (QED) is 0.710. The topological polar surface area (TPSA) is 83.8 Å². The van der Waals surface area contributed by atoms with Gasteiger partial charge in [0.2, 0.25) is 10.0 Å². The molecule has 0 amide bonds. The van der Waals surface area contributed by atoms with Gasteiger partial charge in [0.25, 0.3) is 0 Å². The lowest BCUT2D eigenvalue weighted by Crippen LogP contribution is -2.28. The molecule has 2 rings (SSSR count). The normalized spacial score (nSPS) is 11.4. The van der Waals surface area contributed by atoms with Gasteiger partial charge in [0, 0.05) is 19.8 Å². The van der Waals surface area contributed by atoms with Gasteiger partial charge in [-0.25, -0.2) is 12.7 Å². The van der Waals surface area contributed by atoms with Crippen molar-refractivity contribution in [3.63, 3.8) is 0 Å². The number of thiocarbonyl (C=S) groups is 1. The number of furan rings is 1. The molecule has 1 aromatic heterocycles. The number of benzene rings is 1. The van der Waals surface area contributed by atoms with Crippen LogP contribution in [0.4, 0.5) is 5.69 Å². The fraction of sp³-hybridized carbons (Fsp3) is 0.312. The van der Waals surface area contributed by atoms with Crippen LogP contribution in [0.1, 0.15) is 12.7 Å². The van der Waals surface area contributed by atoms with E-state index in [1.807, 2.05) is 6.07 Å². The minimum absolute atomic E-state index is 0.0817. The highest BCUT2D eigenvalue weighted by Crippen LogP contribution is 2.29. The minimum atomic E-state index is -3.65.